The molecule has 0 saturated heterocycles. The molecule has 0 spiro atoms. The van der Waals surface area contributed by atoms with Gasteiger partial charge in [-0.15, -0.1) is 0 Å². The zero-order chi connectivity index (χ0) is 15.4. The summed E-state index contributed by atoms with van der Waals surface area (Å²) in [6.07, 6.45) is 0.660. The van der Waals surface area contributed by atoms with Gasteiger partial charge in [0.25, 0.3) is 0 Å². The van der Waals surface area contributed by atoms with Crippen molar-refractivity contribution >= 4 is 23.2 Å². The second kappa shape index (κ2) is 7.12. The van der Waals surface area contributed by atoms with Crippen molar-refractivity contribution in [2.75, 3.05) is 0 Å². The van der Waals surface area contributed by atoms with Crippen LogP contribution in [-0.4, -0.2) is 6.04 Å². The maximum absolute atomic E-state index is 13.0. The van der Waals surface area contributed by atoms with Crippen LogP contribution in [0.25, 0.3) is 0 Å². The standard InChI is InChI=1S/C16H16Cl2FNO/c1-10(20)6-12-7-13(17)3-5-16(12)21-9-11-2-4-14(19)8-15(11)18/h2-5,7-8,10H,6,9,20H2,1H3. The number of halogens is 3. The van der Waals surface area contributed by atoms with E-state index in [4.69, 9.17) is 33.7 Å². The third-order valence-corrected chi connectivity index (χ3v) is 3.55. The number of hydrogen-bond acceptors (Lipinski definition) is 2. The summed E-state index contributed by atoms with van der Waals surface area (Å²) in [6, 6.07) is 9.64. The van der Waals surface area contributed by atoms with Crippen molar-refractivity contribution < 1.29 is 9.13 Å². The fraction of sp³-hybridized carbons (Fsp3) is 0.250. The van der Waals surface area contributed by atoms with Crippen LogP contribution in [0.2, 0.25) is 10.0 Å². The zero-order valence-electron chi connectivity index (χ0n) is 11.6. The summed E-state index contributed by atoms with van der Waals surface area (Å²) in [5.41, 5.74) is 7.49. The maximum atomic E-state index is 13.0. The van der Waals surface area contributed by atoms with Gasteiger partial charge in [-0.05, 0) is 49.2 Å². The molecule has 2 N–H and O–H groups in total. The van der Waals surface area contributed by atoms with Gasteiger partial charge in [0.05, 0.1) is 5.02 Å². The lowest BCUT2D eigenvalue weighted by Gasteiger charge is -2.14. The Balaban J connectivity index is 2.15. The number of rotatable bonds is 5. The molecule has 0 aliphatic heterocycles. The van der Waals surface area contributed by atoms with E-state index in [1.807, 2.05) is 13.0 Å². The predicted molar refractivity (Wildman–Crippen MR) is 84.5 cm³/mol. The Labute approximate surface area is 133 Å². The average molecular weight is 328 g/mol. The predicted octanol–water partition coefficient (Wildman–Crippen LogP) is 4.60. The minimum atomic E-state index is -0.368. The molecule has 0 bridgehead atoms. The van der Waals surface area contributed by atoms with Gasteiger partial charge in [0.15, 0.2) is 0 Å². The minimum absolute atomic E-state index is 0.000209. The summed E-state index contributed by atoms with van der Waals surface area (Å²) < 4.78 is 18.8. The quantitative estimate of drug-likeness (QED) is 0.870. The van der Waals surface area contributed by atoms with E-state index in [1.54, 1.807) is 18.2 Å². The summed E-state index contributed by atoms with van der Waals surface area (Å²) in [6.45, 7) is 2.17. The van der Waals surface area contributed by atoms with Crippen molar-refractivity contribution in [1.29, 1.82) is 0 Å². The minimum Gasteiger partial charge on any atom is -0.489 e. The first-order valence-corrected chi connectivity index (χ1v) is 7.32. The van der Waals surface area contributed by atoms with Gasteiger partial charge in [0.1, 0.15) is 18.2 Å². The maximum Gasteiger partial charge on any atom is 0.124 e. The normalized spacial score (nSPS) is 12.2. The third-order valence-electron chi connectivity index (χ3n) is 2.96. The first-order chi connectivity index (χ1) is 9.95. The first kappa shape index (κ1) is 16.1. The van der Waals surface area contributed by atoms with Crippen LogP contribution in [0.3, 0.4) is 0 Å². The van der Waals surface area contributed by atoms with E-state index in [0.29, 0.717) is 22.2 Å². The summed E-state index contributed by atoms with van der Waals surface area (Å²) >= 11 is 12.0. The molecule has 1 atom stereocenters. The molecule has 2 rings (SSSR count). The molecule has 0 aliphatic rings. The molecular weight excluding hydrogens is 312 g/mol. The second-order valence-electron chi connectivity index (χ2n) is 4.96. The molecule has 0 heterocycles. The SMILES string of the molecule is CC(N)Cc1cc(Cl)ccc1OCc1ccc(F)cc1Cl. The Morgan fingerprint density at radius 2 is 1.90 bits per heavy atom. The molecule has 0 radical (unpaired) electrons. The lowest BCUT2D eigenvalue weighted by molar-refractivity contribution is 0.302. The number of benzene rings is 2. The average Bonchev–Trinajstić information content (AvgIpc) is 2.39. The van der Waals surface area contributed by atoms with Gasteiger partial charge in [-0.3, -0.25) is 0 Å². The van der Waals surface area contributed by atoms with Gasteiger partial charge in [0.2, 0.25) is 0 Å². The van der Waals surface area contributed by atoms with Crippen molar-refractivity contribution in [1.82, 2.24) is 0 Å². The van der Waals surface area contributed by atoms with Gasteiger partial charge in [0, 0.05) is 16.6 Å². The van der Waals surface area contributed by atoms with Crippen LogP contribution >= 0.6 is 23.2 Å². The summed E-state index contributed by atoms with van der Waals surface area (Å²) in [4.78, 5) is 0. The van der Waals surface area contributed by atoms with E-state index in [0.717, 1.165) is 11.1 Å². The van der Waals surface area contributed by atoms with E-state index in [9.17, 15) is 4.39 Å². The highest BCUT2D eigenvalue weighted by atomic mass is 35.5. The van der Waals surface area contributed by atoms with Crippen molar-refractivity contribution in [3.63, 3.8) is 0 Å². The van der Waals surface area contributed by atoms with Gasteiger partial charge >= 0.3 is 0 Å². The number of hydrogen-bond donors (Lipinski definition) is 1. The molecule has 0 fully saturated rings. The second-order valence-corrected chi connectivity index (χ2v) is 5.80. The number of nitrogens with two attached hydrogens (primary N) is 1. The number of ether oxygens (including phenoxy) is 1. The van der Waals surface area contributed by atoms with Gasteiger partial charge < -0.3 is 10.5 Å². The van der Waals surface area contributed by atoms with Crippen LogP contribution in [-0.2, 0) is 13.0 Å². The fourth-order valence-corrected chi connectivity index (χ4v) is 2.41. The van der Waals surface area contributed by atoms with Gasteiger partial charge in [-0.2, -0.15) is 0 Å². The highest BCUT2D eigenvalue weighted by molar-refractivity contribution is 6.31. The molecule has 0 aliphatic carbocycles. The monoisotopic (exact) mass is 327 g/mol. The lowest BCUT2D eigenvalue weighted by atomic mass is 10.1. The van der Waals surface area contributed by atoms with Crippen molar-refractivity contribution in [3.8, 4) is 5.75 Å². The van der Waals surface area contributed by atoms with Crippen LogP contribution in [0, 0.1) is 5.82 Å². The molecule has 21 heavy (non-hydrogen) atoms. The molecule has 2 aromatic rings. The Bertz CT molecular complexity index is 632. The summed E-state index contributed by atoms with van der Waals surface area (Å²) in [5, 5.41) is 0.982. The summed E-state index contributed by atoms with van der Waals surface area (Å²) in [5.74, 6) is 0.338. The Morgan fingerprint density at radius 3 is 2.57 bits per heavy atom. The molecule has 5 heteroatoms. The Kier molecular flexibility index (Phi) is 5.45. The highest BCUT2D eigenvalue weighted by Gasteiger charge is 2.09. The molecular formula is C16H16Cl2FNO. The zero-order valence-corrected chi connectivity index (χ0v) is 13.1. The van der Waals surface area contributed by atoms with E-state index in [1.165, 1.54) is 12.1 Å². The molecule has 2 nitrogen and oxygen atoms in total. The summed E-state index contributed by atoms with van der Waals surface area (Å²) in [7, 11) is 0. The van der Waals surface area contributed by atoms with Gasteiger partial charge in [-0.1, -0.05) is 29.3 Å². The molecule has 2 aromatic carbocycles. The van der Waals surface area contributed by atoms with Crippen LogP contribution in [0.1, 0.15) is 18.1 Å². The smallest absolute Gasteiger partial charge is 0.124 e. The van der Waals surface area contributed by atoms with Crippen molar-refractivity contribution in [2.24, 2.45) is 5.73 Å². The first-order valence-electron chi connectivity index (χ1n) is 6.56. The topological polar surface area (TPSA) is 35.2 Å². The van der Waals surface area contributed by atoms with Crippen LogP contribution in [0.15, 0.2) is 36.4 Å². The third kappa shape index (κ3) is 4.60. The van der Waals surface area contributed by atoms with Crippen LogP contribution in [0.5, 0.6) is 5.75 Å². The van der Waals surface area contributed by atoms with E-state index < -0.39 is 0 Å². The lowest BCUT2D eigenvalue weighted by Crippen LogP contribution is -2.18. The largest absolute Gasteiger partial charge is 0.489 e. The van der Waals surface area contributed by atoms with E-state index in [-0.39, 0.29) is 18.5 Å². The molecule has 0 amide bonds. The van der Waals surface area contributed by atoms with Crippen molar-refractivity contribution in [3.05, 3.63) is 63.4 Å². The van der Waals surface area contributed by atoms with Crippen LogP contribution < -0.4 is 10.5 Å². The van der Waals surface area contributed by atoms with Crippen molar-refractivity contribution in [2.45, 2.75) is 26.0 Å². The Morgan fingerprint density at radius 1 is 1.14 bits per heavy atom. The molecule has 112 valence electrons. The van der Waals surface area contributed by atoms with E-state index >= 15 is 0 Å². The molecule has 1 unspecified atom stereocenters. The molecule has 0 aromatic heterocycles. The highest BCUT2D eigenvalue weighted by Crippen LogP contribution is 2.26. The Hall–Kier alpha value is -1.29. The van der Waals surface area contributed by atoms with Crippen LogP contribution in [0.4, 0.5) is 4.39 Å². The molecule has 0 saturated carbocycles. The fourth-order valence-electron chi connectivity index (χ4n) is 1.99. The van der Waals surface area contributed by atoms with Gasteiger partial charge in [-0.25, -0.2) is 4.39 Å². The van der Waals surface area contributed by atoms with E-state index in [2.05, 4.69) is 0 Å².